The van der Waals surface area contributed by atoms with Gasteiger partial charge in [-0.1, -0.05) is 18.2 Å². The van der Waals surface area contributed by atoms with Crippen LogP contribution in [-0.4, -0.2) is 15.9 Å². The smallest absolute Gasteiger partial charge is 0.258 e. The van der Waals surface area contributed by atoms with Crippen molar-refractivity contribution >= 4 is 23.2 Å². The highest BCUT2D eigenvalue weighted by atomic mass is 19.1. The molecule has 1 amide bonds. The lowest BCUT2D eigenvalue weighted by Crippen LogP contribution is -2.14. The number of carbonyl (C=O) groups excluding carboxylic acids is 1. The van der Waals surface area contributed by atoms with Crippen LogP contribution in [0, 0.1) is 19.7 Å². The van der Waals surface area contributed by atoms with Crippen molar-refractivity contribution in [3.8, 4) is 0 Å². The summed E-state index contributed by atoms with van der Waals surface area (Å²) >= 11 is 0. The maximum Gasteiger partial charge on any atom is 0.258 e. The van der Waals surface area contributed by atoms with Crippen LogP contribution in [0.3, 0.4) is 0 Å². The summed E-state index contributed by atoms with van der Waals surface area (Å²) in [6, 6.07) is 11.7. The van der Waals surface area contributed by atoms with Crippen LogP contribution in [0.4, 0.5) is 21.7 Å². The molecule has 0 aliphatic carbocycles. The molecule has 0 bridgehead atoms. The largest absolute Gasteiger partial charge is 0.324 e. The molecule has 0 saturated carbocycles. The van der Waals surface area contributed by atoms with Crippen LogP contribution in [0.1, 0.15) is 21.5 Å². The summed E-state index contributed by atoms with van der Waals surface area (Å²) in [5.74, 6) is -0.258. The molecule has 1 aromatic heterocycles. The molecule has 3 rings (SSSR count). The second kappa shape index (κ2) is 7.09. The Morgan fingerprint density at radius 3 is 2.16 bits per heavy atom. The van der Waals surface area contributed by atoms with Gasteiger partial charge in [0.1, 0.15) is 5.82 Å². The van der Waals surface area contributed by atoms with Gasteiger partial charge in [-0.2, -0.15) is 0 Å². The summed E-state index contributed by atoms with van der Waals surface area (Å²) in [5.41, 5.74) is 3.79. The third kappa shape index (κ3) is 3.98. The number of aryl methyl sites for hydroxylation is 2. The molecule has 0 aliphatic heterocycles. The molecule has 0 saturated heterocycles. The fraction of sp³-hybridized carbons (Fsp3) is 0.105. The van der Waals surface area contributed by atoms with Crippen molar-refractivity contribution in [2.45, 2.75) is 13.8 Å². The number of anilines is 3. The number of nitrogens with one attached hydrogen (secondary N) is 2. The Bertz CT molecular complexity index is 872. The number of hydrogen-bond acceptors (Lipinski definition) is 4. The number of benzene rings is 2. The van der Waals surface area contributed by atoms with Gasteiger partial charge < -0.3 is 10.6 Å². The monoisotopic (exact) mass is 336 g/mol. The van der Waals surface area contributed by atoms with Crippen molar-refractivity contribution in [3.63, 3.8) is 0 Å². The third-order valence-corrected chi connectivity index (χ3v) is 3.73. The van der Waals surface area contributed by atoms with E-state index in [0.717, 1.165) is 16.8 Å². The fourth-order valence-electron chi connectivity index (χ4n) is 2.37. The summed E-state index contributed by atoms with van der Waals surface area (Å²) < 4.78 is 12.9. The molecule has 0 fully saturated rings. The highest BCUT2D eigenvalue weighted by molar-refractivity contribution is 6.04. The average Bonchev–Trinajstić information content (AvgIpc) is 2.61. The number of aromatic nitrogens is 2. The molecule has 2 aromatic carbocycles. The standard InChI is InChI=1S/C19H17FN4O/c1-12-4-3-5-13(2)17(12)24-18(25)14-10-21-19(22-11-14)23-16-8-6-15(20)7-9-16/h3-11H,1-2H3,(H,24,25)(H,21,22,23). The van der Waals surface area contributed by atoms with E-state index in [1.165, 1.54) is 24.5 Å². The van der Waals surface area contributed by atoms with Gasteiger partial charge in [-0.25, -0.2) is 14.4 Å². The number of hydrogen-bond donors (Lipinski definition) is 2. The zero-order valence-electron chi connectivity index (χ0n) is 13.9. The van der Waals surface area contributed by atoms with E-state index >= 15 is 0 Å². The molecule has 3 aromatic rings. The second-order valence-corrected chi connectivity index (χ2v) is 5.65. The first-order valence-electron chi connectivity index (χ1n) is 7.75. The van der Waals surface area contributed by atoms with E-state index in [1.807, 2.05) is 32.0 Å². The van der Waals surface area contributed by atoms with Crippen LogP contribution in [0.5, 0.6) is 0 Å². The zero-order chi connectivity index (χ0) is 17.8. The molecule has 0 radical (unpaired) electrons. The molecule has 1 heterocycles. The van der Waals surface area contributed by atoms with E-state index in [2.05, 4.69) is 20.6 Å². The predicted octanol–water partition coefficient (Wildman–Crippen LogP) is 4.23. The minimum atomic E-state index is -0.315. The number of amides is 1. The summed E-state index contributed by atoms with van der Waals surface area (Å²) in [7, 11) is 0. The first kappa shape index (κ1) is 16.6. The van der Waals surface area contributed by atoms with E-state index in [4.69, 9.17) is 0 Å². The first-order valence-corrected chi connectivity index (χ1v) is 7.75. The quantitative estimate of drug-likeness (QED) is 0.748. The van der Waals surface area contributed by atoms with Crippen LogP contribution in [0.2, 0.25) is 0 Å². The van der Waals surface area contributed by atoms with Crippen LogP contribution in [0.15, 0.2) is 54.9 Å². The first-order chi connectivity index (χ1) is 12.0. The Labute approximate surface area is 145 Å². The number of nitrogens with zero attached hydrogens (tertiary/aromatic N) is 2. The van der Waals surface area contributed by atoms with Crippen molar-refractivity contribution in [3.05, 3.63) is 77.4 Å². The van der Waals surface area contributed by atoms with E-state index < -0.39 is 0 Å². The summed E-state index contributed by atoms with van der Waals surface area (Å²) in [4.78, 5) is 20.6. The second-order valence-electron chi connectivity index (χ2n) is 5.65. The molecular formula is C19H17FN4O. The molecule has 5 nitrogen and oxygen atoms in total. The van der Waals surface area contributed by atoms with Crippen LogP contribution in [0.25, 0.3) is 0 Å². The highest BCUT2D eigenvalue weighted by Crippen LogP contribution is 2.20. The van der Waals surface area contributed by atoms with Gasteiger partial charge in [-0.15, -0.1) is 0 Å². The Kier molecular flexibility index (Phi) is 4.70. The predicted molar refractivity (Wildman–Crippen MR) is 95.6 cm³/mol. The maximum absolute atomic E-state index is 12.9. The summed E-state index contributed by atoms with van der Waals surface area (Å²) in [5, 5.41) is 5.83. The van der Waals surface area contributed by atoms with Crippen molar-refractivity contribution < 1.29 is 9.18 Å². The molecule has 0 spiro atoms. The summed E-state index contributed by atoms with van der Waals surface area (Å²) in [6.07, 6.45) is 2.89. The number of halogens is 1. The fourth-order valence-corrected chi connectivity index (χ4v) is 2.37. The van der Waals surface area contributed by atoms with Crippen molar-refractivity contribution in [2.75, 3.05) is 10.6 Å². The Balaban J connectivity index is 1.71. The Morgan fingerprint density at radius 1 is 0.960 bits per heavy atom. The van der Waals surface area contributed by atoms with Gasteiger partial charge in [0, 0.05) is 23.8 Å². The van der Waals surface area contributed by atoms with E-state index in [-0.39, 0.29) is 11.7 Å². The average molecular weight is 336 g/mol. The zero-order valence-corrected chi connectivity index (χ0v) is 13.9. The third-order valence-electron chi connectivity index (χ3n) is 3.73. The van der Waals surface area contributed by atoms with E-state index in [9.17, 15) is 9.18 Å². The minimum Gasteiger partial charge on any atom is -0.324 e. The normalized spacial score (nSPS) is 10.4. The highest BCUT2D eigenvalue weighted by Gasteiger charge is 2.11. The van der Waals surface area contributed by atoms with Crippen molar-refractivity contribution in [2.24, 2.45) is 0 Å². The Morgan fingerprint density at radius 2 is 1.56 bits per heavy atom. The van der Waals surface area contributed by atoms with E-state index in [1.54, 1.807) is 12.1 Å². The van der Waals surface area contributed by atoms with Gasteiger partial charge in [0.15, 0.2) is 0 Å². The lowest BCUT2D eigenvalue weighted by atomic mass is 10.1. The Hall–Kier alpha value is -3.28. The molecule has 0 aliphatic rings. The molecule has 126 valence electrons. The van der Waals surface area contributed by atoms with Crippen LogP contribution in [-0.2, 0) is 0 Å². The summed E-state index contributed by atoms with van der Waals surface area (Å²) in [6.45, 7) is 3.88. The van der Waals surface area contributed by atoms with Crippen LogP contribution >= 0.6 is 0 Å². The molecule has 2 N–H and O–H groups in total. The molecule has 0 unspecified atom stereocenters. The van der Waals surface area contributed by atoms with Gasteiger partial charge in [0.25, 0.3) is 5.91 Å². The maximum atomic E-state index is 12.9. The molecule has 6 heteroatoms. The van der Waals surface area contributed by atoms with Gasteiger partial charge in [-0.05, 0) is 49.2 Å². The van der Waals surface area contributed by atoms with Gasteiger partial charge in [0.05, 0.1) is 5.56 Å². The molecular weight excluding hydrogens is 319 g/mol. The SMILES string of the molecule is Cc1cccc(C)c1NC(=O)c1cnc(Nc2ccc(F)cc2)nc1. The number of para-hydroxylation sites is 1. The lowest BCUT2D eigenvalue weighted by Gasteiger charge is -2.11. The molecule has 0 atom stereocenters. The number of rotatable bonds is 4. The van der Waals surface area contributed by atoms with Crippen molar-refractivity contribution in [1.82, 2.24) is 9.97 Å². The van der Waals surface area contributed by atoms with Crippen molar-refractivity contribution in [1.29, 1.82) is 0 Å². The van der Waals surface area contributed by atoms with Crippen LogP contribution < -0.4 is 10.6 Å². The lowest BCUT2D eigenvalue weighted by molar-refractivity contribution is 0.102. The minimum absolute atomic E-state index is 0.272. The number of carbonyl (C=O) groups is 1. The van der Waals surface area contributed by atoms with Gasteiger partial charge >= 0.3 is 0 Å². The molecule has 25 heavy (non-hydrogen) atoms. The van der Waals surface area contributed by atoms with Gasteiger partial charge in [-0.3, -0.25) is 4.79 Å². The van der Waals surface area contributed by atoms with E-state index in [0.29, 0.717) is 17.2 Å². The topological polar surface area (TPSA) is 66.9 Å². The van der Waals surface area contributed by atoms with Gasteiger partial charge in [0.2, 0.25) is 5.95 Å².